The van der Waals surface area contributed by atoms with Crippen LogP contribution in [0.2, 0.25) is 0 Å². The van der Waals surface area contributed by atoms with Crippen molar-refractivity contribution in [1.29, 1.82) is 0 Å². The Bertz CT molecular complexity index is 618. The van der Waals surface area contributed by atoms with Gasteiger partial charge >= 0.3 is 5.97 Å². The lowest BCUT2D eigenvalue weighted by Gasteiger charge is -2.40. The summed E-state index contributed by atoms with van der Waals surface area (Å²) in [5.74, 6) is -0.166. The van der Waals surface area contributed by atoms with Crippen molar-refractivity contribution in [3.8, 4) is 0 Å². The maximum absolute atomic E-state index is 12.3. The van der Waals surface area contributed by atoms with Crippen molar-refractivity contribution in [2.24, 2.45) is 5.41 Å². The number of hydroxylamine groups is 1. The lowest BCUT2D eigenvalue weighted by atomic mass is 9.82. The minimum atomic E-state index is -0.500. The molecule has 0 bridgehead atoms. The molecule has 1 aliphatic heterocycles. The molecule has 3 N–H and O–H groups in total. The second-order valence-electron chi connectivity index (χ2n) is 10.2. The molecule has 7 heteroatoms. The van der Waals surface area contributed by atoms with Crippen LogP contribution in [-0.4, -0.2) is 47.9 Å². The first kappa shape index (κ1) is 30.1. The van der Waals surface area contributed by atoms with Crippen LogP contribution in [-0.2, 0) is 14.4 Å². The van der Waals surface area contributed by atoms with E-state index < -0.39 is 5.60 Å². The van der Waals surface area contributed by atoms with E-state index in [1.165, 1.54) is 0 Å². The second kappa shape index (κ2) is 13.6. The molecular formula is C24H46BrN2O4+. The number of quaternary nitrogens is 1. The van der Waals surface area contributed by atoms with E-state index in [1.807, 2.05) is 20.8 Å². The van der Waals surface area contributed by atoms with Gasteiger partial charge in [-0.1, -0.05) is 20.8 Å². The standard InChI is InChI=1S/C20H35BrN2O3.C4H10O/c1-8-16(13-17(24)26-14(2)3)19(18(21)15(4)22-25-7)23-11-9-20(5,6)10-12-23;1-4(2,3)5/h14,22H,8-13H2,1-7H3;5H,1-3H3/p+1/b18-15+,19-16-;. The number of likely N-dealkylation sites (tertiary alicyclic amines) is 1. The Labute approximate surface area is 198 Å². The minimum Gasteiger partial charge on any atom is -0.463 e. The number of hydrogen-bond donors (Lipinski definition) is 2. The van der Waals surface area contributed by atoms with Gasteiger partial charge in [-0.3, -0.25) is 4.79 Å². The maximum Gasteiger partial charge on any atom is 0.310 e. The normalized spacial score (nSPS) is 18.0. The van der Waals surface area contributed by atoms with Gasteiger partial charge in [0, 0.05) is 20.0 Å². The molecule has 182 valence electrons. The van der Waals surface area contributed by atoms with Crippen molar-refractivity contribution in [2.45, 2.75) is 99.7 Å². The third kappa shape index (κ3) is 13.3. The van der Waals surface area contributed by atoms with Gasteiger partial charge in [-0.25, -0.2) is 4.84 Å². The van der Waals surface area contributed by atoms with E-state index in [0.29, 0.717) is 11.8 Å². The molecule has 0 spiro atoms. The highest BCUT2D eigenvalue weighted by Gasteiger charge is 2.30. The van der Waals surface area contributed by atoms with Gasteiger partial charge in [-0.2, -0.15) is 5.48 Å². The molecular weight excluding hydrogens is 460 g/mol. The molecule has 1 heterocycles. The van der Waals surface area contributed by atoms with E-state index in [9.17, 15) is 4.79 Å². The summed E-state index contributed by atoms with van der Waals surface area (Å²) in [6, 6.07) is 0. The van der Waals surface area contributed by atoms with Gasteiger partial charge in [0.05, 0.1) is 35.4 Å². The zero-order chi connectivity index (χ0) is 24.4. The third-order valence-electron chi connectivity index (χ3n) is 4.77. The van der Waals surface area contributed by atoms with E-state index >= 15 is 0 Å². The molecule has 1 rings (SSSR count). The Hall–Kier alpha value is -0.890. The average Bonchev–Trinajstić information content (AvgIpc) is 2.60. The van der Waals surface area contributed by atoms with Crippen molar-refractivity contribution in [2.75, 3.05) is 20.2 Å². The molecule has 0 aromatic rings. The number of esters is 1. The quantitative estimate of drug-likeness (QED) is 0.285. The molecule has 0 aromatic heterocycles. The summed E-state index contributed by atoms with van der Waals surface area (Å²) >= 11 is 3.77. The van der Waals surface area contributed by atoms with Crippen molar-refractivity contribution in [1.82, 2.24) is 4.90 Å². The molecule has 0 saturated carbocycles. The zero-order valence-electron chi connectivity index (χ0n) is 21.4. The van der Waals surface area contributed by atoms with Crippen LogP contribution in [0.25, 0.3) is 0 Å². The summed E-state index contributed by atoms with van der Waals surface area (Å²) in [6.07, 6.45) is 3.30. The van der Waals surface area contributed by atoms with Crippen LogP contribution in [0, 0.1) is 5.41 Å². The van der Waals surface area contributed by atoms with Gasteiger partial charge in [0.25, 0.3) is 0 Å². The first-order chi connectivity index (χ1) is 14.1. The van der Waals surface area contributed by atoms with E-state index in [0.717, 1.165) is 53.8 Å². The van der Waals surface area contributed by atoms with Crippen molar-refractivity contribution in [3.05, 3.63) is 21.4 Å². The highest BCUT2D eigenvalue weighted by atomic mass is 79.9. The summed E-state index contributed by atoms with van der Waals surface area (Å²) in [4.78, 5) is 19.9. The first-order valence-electron chi connectivity index (χ1n) is 11.2. The summed E-state index contributed by atoms with van der Waals surface area (Å²) < 4.78 is 6.38. The minimum absolute atomic E-state index is 0.0950. The largest absolute Gasteiger partial charge is 0.463 e. The molecule has 1 aliphatic rings. The van der Waals surface area contributed by atoms with Gasteiger partial charge in [-0.05, 0) is 80.8 Å². The van der Waals surface area contributed by atoms with Crippen LogP contribution < -0.4 is 5.48 Å². The number of halogens is 1. The van der Waals surface area contributed by atoms with Crippen LogP contribution in [0.1, 0.15) is 88.0 Å². The zero-order valence-corrected chi connectivity index (χ0v) is 23.0. The lowest BCUT2D eigenvalue weighted by Crippen LogP contribution is -2.80. The molecule has 0 amide bonds. The second-order valence-corrected chi connectivity index (χ2v) is 11.0. The van der Waals surface area contributed by atoms with Crippen LogP contribution in [0.4, 0.5) is 0 Å². The van der Waals surface area contributed by atoms with Crippen molar-refractivity contribution >= 4 is 21.9 Å². The smallest absolute Gasteiger partial charge is 0.310 e. The maximum atomic E-state index is 12.3. The Morgan fingerprint density at radius 2 is 1.71 bits per heavy atom. The molecule has 1 fully saturated rings. The number of hydrogen-bond acceptors (Lipinski definition) is 5. The topological polar surface area (TPSA) is 75.6 Å². The number of nitrogens with two attached hydrogens (primary N) is 1. The number of allylic oxidation sites excluding steroid dienone is 2. The molecule has 1 saturated heterocycles. The number of nitrogens with zero attached hydrogens (tertiary/aromatic N) is 1. The number of piperidine rings is 1. The van der Waals surface area contributed by atoms with Gasteiger partial charge in [0.2, 0.25) is 0 Å². The van der Waals surface area contributed by atoms with Crippen LogP contribution >= 0.6 is 15.9 Å². The SMILES string of the molecule is CC(C)(C)O.CC/C(CC(=O)OC(C)C)=C(\C(Br)=C(\C)[NH2+]OC)N1CCC(C)(C)CC1. The fraction of sp³-hybridized carbons (Fsp3) is 0.792. The van der Waals surface area contributed by atoms with Crippen LogP contribution in [0.15, 0.2) is 21.4 Å². The predicted molar refractivity (Wildman–Crippen MR) is 130 cm³/mol. The summed E-state index contributed by atoms with van der Waals surface area (Å²) in [7, 11) is 1.65. The lowest BCUT2D eigenvalue weighted by molar-refractivity contribution is -0.854. The van der Waals surface area contributed by atoms with Gasteiger partial charge in [0.15, 0.2) is 5.70 Å². The number of rotatable bonds is 8. The number of carbonyl (C=O) groups is 1. The van der Waals surface area contributed by atoms with Crippen LogP contribution in [0.3, 0.4) is 0 Å². The molecule has 0 unspecified atom stereocenters. The first-order valence-corrected chi connectivity index (χ1v) is 12.0. The average molecular weight is 507 g/mol. The predicted octanol–water partition coefficient (Wildman–Crippen LogP) is 4.64. The molecule has 0 radical (unpaired) electrons. The van der Waals surface area contributed by atoms with E-state index in [-0.39, 0.29) is 12.1 Å². The number of carbonyl (C=O) groups excluding carboxylic acids is 1. The molecule has 6 nitrogen and oxygen atoms in total. The third-order valence-corrected chi connectivity index (χ3v) is 5.77. The summed E-state index contributed by atoms with van der Waals surface area (Å²) in [5.41, 5.74) is 4.84. The van der Waals surface area contributed by atoms with E-state index in [4.69, 9.17) is 14.7 Å². The highest BCUT2D eigenvalue weighted by Crippen LogP contribution is 2.36. The Kier molecular flexibility index (Phi) is 13.2. The van der Waals surface area contributed by atoms with Crippen LogP contribution in [0.5, 0.6) is 0 Å². The van der Waals surface area contributed by atoms with Gasteiger partial charge < -0.3 is 14.7 Å². The van der Waals surface area contributed by atoms with Gasteiger partial charge in [0.1, 0.15) is 0 Å². The fourth-order valence-corrected chi connectivity index (χ4v) is 3.75. The Morgan fingerprint density at radius 1 is 1.23 bits per heavy atom. The fourth-order valence-electron chi connectivity index (χ4n) is 3.12. The highest BCUT2D eigenvalue weighted by molar-refractivity contribution is 9.12. The molecule has 0 aliphatic carbocycles. The van der Waals surface area contributed by atoms with Crippen molar-refractivity contribution in [3.63, 3.8) is 0 Å². The molecule has 0 atom stereocenters. The van der Waals surface area contributed by atoms with Crippen molar-refractivity contribution < 1.29 is 25.0 Å². The summed E-state index contributed by atoms with van der Waals surface area (Å²) in [5, 5.41) is 8.52. The van der Waals surface area contributed by atoms with Gasteiger partial charge in [-0.15, -0.1) is 0 Å². The molecule has 31 heavy (non-hydrogen) atoms. The summed E-state index contributed by atoms with van der Waals surface area (Å²) in [6.45, 7) is 19.7. The van der Waals surface area contributed by atoms with E-state index in [1.54, 1.807) is 33.4 Å². The number of ether oxygens (including phenoxy) is 1. The number of aliphatic hydroxyl groups is 1. The monoisotopic (exact) mass is 505 g/mol. The Morgan fingerprint density at radius 3 is 2.10 bits per heavy atom. The molecule has 0 aromatic carbocycles. The van der Waals surface area contributed by atoms with E-state index in [2.05, 4.69) is 41.6 Å². The Balaban J connectivity index is 0.00000161.